The van der Waals surface area contributed by atoms with E-state index in [1.54, 1.807) is 18.2 Å². The van der Waals surface area contributed by atoms with Gasteiger partial charge in [0.2, 0.25) is 5.91 Å². The number of carbonyl (C=O) groups excluding carboxylic acids is 1. The number of hydrogen-bond acceptors (Lipinski definition) is 4. The Balaban J connectivity index is 2.15. The molecule has 0 heterocycles. The molecule has 6 heteroatoms. The minimum absolute atomic E-state index is 0.193. The van der Waals surface area contributed by atoms with Crippen molar-refractivity contribution in [3.05, 3.63) is 59.2 Å². The predicted octanol–water partition coefficient (Wildman–Crippen LogP) is 3.52. The lowest BCUT2D eigenvalue weighted by Gasteiger charge is -2.21. The van der Waals surface area contributed by atoms with Crippen LogP contribution in [0.5, 0.6) is 11.5 Å². The van der Waals surface area contributed by atoms with Gasteiger partial charge in [0.25, 0.3) is 0 Å². The number of hydrogen-bond donors (Lipinski definition) is 2. The fraction of sp³-hybridized carbons (Fsp3) is 0.364. The van der Waals surface area contributed by atoms with Crippen molar-refractivity contribution in [3.63, 3.8) is 0 Å². The first-order chi connectivity index (χ1) is 13.3. The Hall–Kier alpha value is -3.02. The number of aryl methyl sites for hydroxylation is 1. The van der Waals surface area contributed by atoms with E-state index in [4.69, 9.17) is 9.47 Å². The van der Waals surface area contributed by atoms with Gasteiger partial charge >= 0.3 is 5.97 Å². The SMILES string of the molecule is COc1ccc(C(CC(=O)O)NC(=O)C(C)Cc2ccc(C)cc2)cc1OC. The summed E-state index contributed by atoms with van der Waals surface area (Å²) in [5.74, 6) is -0.455. The first kappa shape index (κ1) is 21.3. The third kappa shape index (κ3) is 5.74. The largest absolute Gasteiger partial charge is 0.493 e. The fourth-order valence-electron chi connectivity index (χ4n) is 2.98. The standard InChI is InChI=1S/C22H27NO5/c1-14-5-7-16(8-6-14)11-15(2)22(26)23-18(13-21(24)25)17-9-10-19(27-3)20(12-17)28-4/h5-10,12,15,18H,11,13H2,1-4H3,(H,23,26)(H,24,25). The lowest BCUT2D eigenvalue weighted by Crippen LogP contribution is -2.34. The summed E-state index contributed by atoms with van der Waals surface area (Å²) < 4.78 is 10.5. The molecule has 2 N–H and O–H groups in total. The molecule has 0 bridgehead atoms. The maximum atomic E-state index is 12.7. The second kappa shape index (κ2) is 9.78. The second-order valence-electron chi connectivity index (χ2n) is 6.86. The van der Waals surface area contributed by atoms with Crippen LogP contribution in [0, 0.1) is 12.8 Å². The van der Waals surface area contributed by atoms with Gasteiger partial charge in [0.1, 0.15) is 0 Å². The quantitative estimate of drug-likeness (QED) is 0.690. The van der Waals surface area contributed by atoms with E-state index in [2.05, 4.69) is 5.32 Å². The average molecular weight is 385 g/mol. The molecular weight excluding hydrogens is 358 g/mol. The number of carboxylic acids is 1. The smallest absolute Gasteiger partial charge is 0.305 e. The maximum Gasteiger partial charge on any atom is 0.305 e. The Labute approximate surface area is 165 Å². The molecule has 0 saturated carbocycles. The van der Waals surface area contributed by atoms with Crippen molar-refractivity contribution >= 4 is 11.9 Å². The molecule has 2 unspecified atom stereocenters. The van der Waals surface area contributed by atoms with E-state index in [1.165, 1.54) is 14.2 Å². The highest BCUT2D eigenvalue weighted by atomic mass is 16.5. The number of aliphatic carboxylic acids is 1. The molecule has 0 aliphatic carbocycles. The monoisotopic (exact) mass is 385 g/mol. The van der Waals surface area contributed by atoms with Crippen LogP contribution in [-0.4, -0.2) is 31.2 Å². The van der Waals surface area contributed by atoms with Crippen molar-refractivity contribution in [2.75, 3.05) is 14.2 Å². The molecule has 0 aliphatic rings. The van der Waals surface area contributed by atoms with E-state index in [9.17, 15) is 14.7 Å². The number of rotatable bonds is 9. The average Bonchev–Trinajstić information content (AvgIpc) is 2.68. The fourth-order valence-corrected chi connectivity index (χ4v) is 2.98. The van der Waals surface area contributed by atoms with Gasteiger partial charge in [-0.2, -0.15) is 0 Å². The van der Waals surface area contributed by atoms with Crippen LogP contribution in [0.1, 0.15) is 36.1 Å². The minimum atomic E-state index is -0.994. The summed E-state index contributed by atoms with van der Waals surface area (Å²) in [5.41, 5.74) is 2.88. The molecule has 0 radical (unpaired) electrons. The van der Waals surface area contributed by atoms with Gasteiger partial charge in [-0.1, -0.05) is 42.8 Å². The first-order valence-electron chi connectivity index (χ1n) is 9.13. The van der Waals surface area contributed by atoms with E-state index in [1.807, 2.05) is 38.1 Å². The lowest BCUT2D eigenvalue weighted by atomic mass is 9.97. The molecule has 6 nitrogen and oxygen atoms in total. The number of nitrogens with one attached hydrogen (secondary N) is 1. The van der Waals surface area contributed by atoms with Crippen LogP contribution in [-0.2, 0) is 16.0 Å². The molecule has 2 aromatic rings. The van der Waals surface area contributed by atoms with Crippen LogP contribution in [0.2, 0.25) is 0 Å². The number of carbonyl (C=O) groups is 2. The number of ether oxygens (including phenoxy) is 2. The molecule has 1 amide bonds. The van der Waals surface area contributed by atoms with Gasteiger partial charge in [-0.3, -0.25) is 9.59 Å². The summed E-state index contributed by atoms with van der Waals surface area (Å²) in [6.45, 7) is 3.85. The molecule has 2 atom stereocenters. The number of methoxy groups -OCH3 is 2. The third-order valence-electron chi connectivity index (χ3n) is 4.62. The van der Waals surface area contributed by atoms with Crippen LogP contribution in [0.25, 0.3) is 0 Å². The van der Waals surface area contributed by atoms with Gasteiger partial charge in [-0.05, 0) is 36.6 Å². The molecule has 28 heavy (non-hydrogen) atoms. The predicted molar refractivity (Wildman–Crippen MR) is 107 cm³/mol. The zero-order valence-corrected chi connectivity index (χ0v) is 16.7. The first-order valence-corrected chi connectivity index (χ1v) is 9.13. The second-order valence-corrected chi connectivity index (χ2v) is 6.86. The summed E-state index contributed by atoms with van der Waals surface area (Å²) in [6, 6.07) is 12.5. The van der Waals surface area contributed by atoms with Crippen molar-refractivity contribution < 1.29 is 24.2 Å². The summed E-state index contributed by atoms with van der Waals surface area (Å²) in [7, 11) is 3.04. The summed E-state index contributed by atoms with van der Waals surface area (Å²) in [6.07, 6.45) is 0.357. The minimum Gasteiger partial charge on any atom is -0.493 e. The summed E-state index contributed by atoms with van der Waals surface area (Å²) >= 11 is 0. The lowest BCUT2D eigenvalue weighted by molar-refractivity contribution is -0.137. The van der Waals surface area contributed by atoms with Crippen LogP contribution >= 0.6 is 0 Å². The normalized spacial score (nSPS) is 12.7. The molecule has 0 fully saturated rings. The summed E-state index contributed by atoms with van der Waals surface area (Å²) in [4.78, 5) is 24.0. The van der Waals surface area contributed by atoms with Gasteiger partial charge in [0.05, 0.1) is 26.7 Å². The Morgan fingerprint density at radius 3 is 2.25 bits per heavy atom. The zero-order chi connectivity index (χ0) is 20.7. The molecule has 0 aliphatic heterocycles. The molecular formula is C22H27NO5. The molecule has 0 spiro atoms. The molecule has 0 aromatic heterocycles. The van der Waals surface area contributed by atoms with Crippen LogP contribution < -0.4 is 14.8 Å². The van der Waals surface area contributed by atoms with Crippen molar-refractivity contribution in [1.82, 2.24) is 5.32 Å². The maximum absolute atomic E-state index is 12.7. The Morgan fingerprint density at radius 1 is 1.04 bits per heavy atom. The Kier molecular flexibility index (Phi) is 7.44. The van der Waals surface area contributed by atoms with E-state index in [-0.39, 0.29) is 18.2 Å². The third-order valence-corrected chi connectivity index (χ3v) is 4.62. The highest BCUT2D eigenvalue weighted by Gasteiger charge is 2.22. The van der Waals surface area contributed by atoms with E-state index >= 15 is 0 Å². The Bertz CT molecular complexity index is 816. The van der Waals surface area contributed by atoms with Gasteiger partial charge in [-0.25, -0.2) is 0 Å². The van der Waals surface area contributed by atoms with Crippen molar-refractivity contribution in [2.24, 2.45) is 5.92 Å². The van der Waals surface area contributed by atoms with Crippen molar-refractivity contribution in [1.29, 1.82) is 0 Å². The van der Waals surface area contributed by atoms with Gasteiger partial charge in [0.15, 0.2) is 11.5 Å². The number of amides is 1. The van der Waals surface area contributed by atoms with E-state index < -0.39 is 12.0 Å². The van der Waals surface area contributed by atoms with Crippen LogP contribution in [0.4, 0.5) is 0 Å². The zero-order valence-electron chi connectivity index (χ0n) is 16.7. The Morgan fingerprint density at radius 2 is 1.68 bits per heavy atom. The van der Waals surface area contributed by atoms with E-state index in [0.717, 1.165) is 11.1 Å². The highest BCUT2D eigenvalue weighted by Crippen LogP contribution is 2.31. The topological polar surface area (TPSA) is 84.9 Å². The number of benzene rings is 2. The highest BCUT2D eigenvalue weighted by molar-refractivity contribution is 5.80. The van der Waals surface area contributed by atoms with Crippen LogP contribution in [0.3, 0.4) is 0 Å². The van der Waals surface area contributed by atoms with Gasteiger partial charge in [-0.15, -0.1) is 0 Å². The molecule has 150 valence electrons. The number of carboxylic acid groups (broad SMARTS) is 1. The van der Waals surface area contributed by atoms with Gasteiger partial charge < -0.3 is 19.9 Å². The van der Waals surface area contributed by atoms with E-state index in [0.29, 0.717) is 23.5 Å². The van der Waals surface area contributed by atoms with Crippen molar-refractivity contribution in [3.8, 4) is 11.5 Å². The molecule has 2 rings (SSSR count). The molecule has 0 saturated heterocycles. The molecule has 2 aromatic carbocycles. The summed E-state index contributed by atoms with van der Waals surface area (Å²) in [5, 5.41) is 12.1. The van der Waals surface area contributed by atoms with Gasteiger partial charge in [0, 0.05) is 5.92 Å². The van der Waals surface area contributed by atoms with Crippen LogP contribution in [0.15, 0.2) is 42.5 Å². The van der Waals surface area contributed by atoms with Crippen molar-refractivity contribution in [2.45, 2.75) is 32.7 Å².